The van der Waals surface area contributed by atoms with Crippen molar-refractivity contribution in [3.8, 4) is 17.5 Å². The fourth-order valence-electron chi connectivity index (χ4n) is 1.88. The molecule has 7 heteroatoms. The van der Waals surface area contributed by atoms with E-state index in [9.17, 15) is 13.2 Å². The van der Waals surface area contributed by atoms with Crippen LogP contribution in [-0.2, 0) is 6.18 Å². The Hall–Kier alpha value is -2.49. The second kappa shape index (κ2) is 4.89. The number of hydrogen-bond acceptors (Lipinski definition) is 3. The van der Waals surface area contributed by atoms with Crippen molar-refractivity contribution in [2.45, 2.75) is 13.1 Å². The quantitative estimate of drug-likeness (QED) is 0.850. The molecule has 2 aromatic rings. The highest BCUT2D eigenvalue weighted by Gasteiger charge is 2.39. The van der Waals surface area contributed by atoms with Crippen LogP contribution in [0.15, 0.2) is 24.3 Å². The van der Waals surface area contributed by atoms with E-state index in [1.54, 1.807) is 18.2 Å². The standard InChI is InChI=1S/C13H10F3N3O/c1-8-11(20-2)12(13(14,15)16)18-19(8)10-5-3-4-9(6-10)7-17/h3-6H,1-2H3. The van der Waals surface area contributed by atoms with E-state index in [2.05, 4.69) is 5.10 Å². The molecule has 0 radical (unpaired) electrons. The van der Waals surface area contributed by atoms with E-state index in [0.717, 1.165) is 11.8 Å². The summed E-state index contributed by atoms with van der Waals surface area (Å²) in [7, 11) is 1.16. The van der Waals surface area contributed by atoms with Crippen molar-refractivity contribution in [2.24, 2.45) is 0 Å². The topological polar surface area (TPSA) is 50.8 Å². The second-order valence-corrected chi connectivity index (χ2v) is 4.04. The number of nitriles is 1. The number of alkyl halides is 3. The first-order chi connectivity index (χ1) is 9.38. The van der Waals surface area contributed by atoms with Crippen LogP contribution in [0.4, 0.5) is 13.2 Å². The first kappa shape index (κ1) is 13.9. The third kappa shape index (κ3) is 2.32. The number of rotatable bonds is 2. The van der Waals surface area contributed by atoms with Gasteiger partial charge in [-0.05, 0) is 25.1 Å². The average Bonchev–Trinajstić information content (AvgIpc) is 2.75. The van der Waals surface area contributed by atoms with Gasteiger partial charge in [-0.15, -0.1) is 0 Å². The van der Waals surface area contributed by atoms with Crippen molar-refractivity contribution in [3.05, 3.63) is 41.2 Å². The maximum atomic E-state index is 12.9. The Balaban J connectivity index is 2.64. The maximum Gasteiger partial charge on any atom is 0.438 e. The van der Waals surface area contributed by atoms with Crippen molar-refractivity contribution >= 4 is 0 Å². The molecule has 0 saturated carbocycles. The molecule has 0 aliphatic rings. The van der Waals surface area contributed by atoms with E-state index in [1.165, 1.54) is 13.0 Å². The fourth-order valence-corrected chi connectivity index (χ4v) is 1.88. The summed E-state index contributed by atoms with van der Waals surface area (Å²) in [4.78, 5) is 0. The molecule has 0 N–H and O–H groups in total. The van der Waals surface area contributed by atoms with E-state index in [4.69, 9.17) is 10.00 Å². The van der Waals surface area contributed by atoms with Crippen LogP contribution in [0, 0.1) is 18.3 Å². The molecule has 104 valence electrons. The van der Waals surface area contributed by atoms with Crippen LogP contribution in [0.3, 0.4) is 0 Å². The molecular weight excluding hydrogens is 271 g/mol. The number of nitrogens with zero attached hydrogens (tertiary/aromatic N) is 3. The summed E-state index contributed by atoms with van der Waals surface area (Å²) in [6.45, 7) is 1.47. The zero-order chi connectivity index (χ0) is 14.9. The number of benzene rings is 1. The molecule has 0 spiro atoms. The first-order valence-corrected chi connectivity index (χ1v) is 5.60. The van der Waals surface area contributed by atoms with Gasteiger partial charge in [-0.1, -0.05) is 6.07 Å². The van der Waals surface area contributed by atoms with Gasteiger partial charge in [0.15, 0.2) is 5.75 Å². The highest BCUT2D eigenvalue weighted by Crippen LogP contribution is 2.37. The zero-order valence-electron chi connectivity index (χ0n) is 10.7. The van der Waals surface area contributed by atoms with Crippen molar-refractivity contribution < 1.29 is 17.9 Å². The molecule has 4 nitrogen and oxygen atoms in total. The van der Waals surface area contributed by atoms with Crippen LogP contribution in [0.5, 0.6) is 5.75 Å². The Morgan fingerprint density at radius 3 is 2.55 bits per heavy atom. The number of methoxy groups -OCH3 is 1. The molecule has 0 atom stereocenters. The fraction of sp³-hybridized carbons (Fsp3) is 0.231. The minimum atomic E-state index is -4.60. The van der Waals surface area contributed by atoms with Crippen LogP contribution in [0.1, 0.15) is 17.0 Å². The molecule has 0 aliphatic heterocycles. The molecule has 0 fully saturated rings. The third-order valence-corrected chi connectivity index (χ3v) is 2.75. The number of ether oxygens (including phenoxy) is 1. The predicted molar refractivity (Wildman–Crippen MR) is 64.6 cm³/mol. The van der Waals surface area contributed by atoms with Gasteiger partial charge in [0.05, 0.1) is 30.1 Å². The van der Waals surface area contributed by atoms with Crippen LogP contribution < -0.4 is 4.74 Å². The lowest BCUT2D eigenvalue weighted by molar-refractivity contribution is -0.142. The van der Waals surface area contributed by atoms with Crippen molar-refractivity contribution in [1.82, 2.24) is 9.78 Å². The van der Waals surface area contributed by atoms with Gasteiger partial charge in [0, 0.05) is 0 Å². The lowest BCUT2D eigenvalue weighted by atomic mass is 10.2. The monoisotopic (exact) mass is 281 g/mol. The second-order valence-electron chi connectivity index (χ2n) is 4.04. The highest BCUT2D eigenvalue weighted by molar-refractivity contribution is 5.45. The van der Waals surface area contributed by atoms with E-state index in [-0.39, 0.29) is 11.4 Å². The van der Waals surface area contributed by atoms with Crippen LogP contribution in [-0.4, -0.2) is 16.9 Å². The SMILES string of the molecule is COc1c(C(F)(F)F)nn(-c2cccc(C#N)c2)c1C. The van der Waals surface area contributed by atoms with Gasteiger partial charge in [-0.3, -0.25) is 0 Å². The molecule has 0 amide bonds. The van der Waals surface area contributed by atoms with E-state index in [1.807, 2.05) is 6.07 Å². The Morgan fingerprint density at radius 1 is 1.35 bits per heavy atom. The highest BCUT2D eigenvalue weighted by atomic mass is 19.4. The summed E-state index contributed by atoms with van der Waals surface area (Å²) in [6, 6.07) is 8.09. The lowest BCUT2D eigenvalue weighted by Crippen LogP contribution is -2.08. The van der Waals surface area contributed by atoms with E-state index >= 15 is 0 Å². The smallest absolute Gasteiger partial charge is 0.438 e. The van der Waals surface area contributed by atoms with Gasteiger partial charge >= 0.3 is 6.18 Å². The molecule has 1 aromatic carbocycles. The number of halogens is 3. The van der Waals surface area contributed by atoms with Crippen LogP contribution in [0.2, 0.25) is 0 Å². The molecule has 20 heavy (non-hydrogen) atoms. The normalized spacial score (nSPS) is 11.2. The van der Waals surface area contributed by atoms with Gasteiger partial charge in [0.25, 0.3) is 0 Å². The molecule has 0 aliphatic carbocycles. The Kier molecular flexibility index (Phi) is 3.40. The van der Waals surface area contributed by atoms with Crippen LogP contribution in [0.25, 0.3) is 5.69 Å². The van der Waals surface area contributed by atoms with Gasteiger partial charge in [-0.2, -0.15) is 23.5 Å². The third-order valence-electron chi connectivity index (χ3n) is 2.75. The molecular formula is C13H10F3N3O. The Labute approximate surface area is 113 Å². The molecule has 0 unspecified atom stereocenters. The van der Waals surface area contributed by atoms with E-state index in [0.29, 0.717) is 11.3 Å². The van der Waals surface area contributed by atoms with Crippen molar-refractivity contribution in [1.29, 1.82) is 5.26 Å². The molecule has 1 aromatic heterocycles. The molecule has 0 bridgehead atoms. The van der Waals surface area contributed by atoms with E-state index < -0.39 is 11.9 Å². The minimum absolute atomic E-state index is 0.218. The van der Waals surface area contributed by atoms with Crippen molar-refractivity contribution in [3.63, 3.8) is 0 Å². The van der Waals surface area contributed by atoms with Gasteiger partial charge in [-0.25, -0.2) is 4.68 Å². The van der Waals surface area contributed by atoms with Gasteiger partial charge < -0.3 is 4.74 Å². The van der Waals surface area contributed by atoms with Gasteiger partial charge in [0.2, 0.25) is 5.69 Å². The zero-order valence-corrected chi connectivity index (χ0v) is 10.7. The summed E-state index contributed by atoms with van der Waals surface area (Å²) in [5.41, 5.74) is -0.157. The largest absolute Gasteiger partial charge is 0.493 e. The summed E-state index contributed by atoms with van der Waals surface area (Å²) >= 11 is 0. The molecule has 1 heterocycles. The van der Waals surface area contributed by atoms with Gasteiger partial charge in [0.1, 0.15) is 0 Å². The predicted octanol–water partition coefficient (Wildman–Crippen LogP) is 3.08. The maximum absolute atomic E-state index is 12.9. The summed E-state index contributed by atoms with van der Waals surface area (Å²) < 4.78 is 44.6. The Bertz CT molecular complexity index is 683. The summed E-state index contributed by atoms with van der Waals surface area (Å²) in [6.07, 6.45) is -4.60. The average molecular weight is 281 g/mol. The summed E-state index contributed by atoms with van der Waals surface area (Å²) in [5, 5.41) is 12.4. The molecule has 2 rings (SSSR count). The molecule has 0 saturated heterocycles. The summed E-state index contributed by atoms with van der Waals surface area (Å²) in [5.74, 6) is -0.320. The van der Waals surface area contributed by atoms with Crippen LogP contribution >= 0.6 is 0 Å². The number of aromatic nitrogens is 2. The Morgan fingerprint density at radius 2 is 2.05 bits per heavy atom. The van der Waals surface area contributed by atoms with Crippen molar-refractivity contribution in [2.75, 3.05) is 7.11 Å². The number of hydrogen-bond donors (Lipinski definition) is 0. The first-order valence-electron chi connectivity index (χ1n) is 5.60. The lowest BCUT2D eigenvalue weighted by Gasteiger charge is -2.05. The minimum Gasteiger partial charge on any atom is -0.493 e.